The molecule has 4 heterocycles. The first-order valence-corrected chi connectivity index (χ1v) is 17.5. The number of hydrogen-bond acceptors (Lipinski definition) is 7. The quantitative estimate of drug-likeness (QED) is 0.376. The van der Waals surface area contributed by atoms with Gasteiger partial charge >= 0.3 is 6.18 Å². The summed E-state index contributed by atoms with van der Waals surface area (Å²) in [5.74, 6) is -2.61. The number of piperidine rings is 1. The fourth-order valence-corrected chi connectivity index (χ4v) is 8.20. The third kappa shape index (κ3) is 6.50. The van der Waals surface area contributed by atoms with Crippen molar-refractivity contribution in [2.75, 3.05) is 44.8 Å². The van der Waals surface area contributed by atoms with Gasteiger partial charge in [-0.3, -0.25) is 19.3 Å². The molecule has 3 atom stereocenters. The molecule has 1 aromatic carbocycles. The number of likely N-dealkylation sites (tertiary alicyclic amines) is 1. The van der Waals surface area contributed by atoms with Crippen molar-refractivity contribution in [3.05, 3.63) is 23.5 Å². The lowest BCUT2D eigenvalue weighted by Gasteiger charge is -2.51. The Morgan fingerprint density at radius 3 is 2.24 bits per heavy atom. The molecule has 3 saturated carbocycles. The second-order valence-electron chi connectivity index (χ2n) is 15.1. The van der Waals surface area contributed by atoms with E-state index in [-0.39, 0.29) is 60.1 Å². The Balaban J connectivity index is 1.09. The maximum Gasteiger partial charge on any atom is 0.416 e. The molecular weight excluding hydrogens is 655 g/mol. The molecule has 4 aliphatic heterocycles. The van der Waals surface area contributed by atoms with Crippen molar-refractivity contribution in [3.63, 3.8) is 0 Å². The minimum Gasteiger partial charge on any atom is -0.487 e. The van der Waals surface area contributed by atoms with Crippen LogP contribution in [-0.2, 0) is 23.9 Å². The van der Waals surface area contributed by atoms with Crippen LogP contribution in [0.4, 0.5) is 27.6 Å². The van der Waals surface area contributed by atoms with Gasteiger partial charge < -0.3 is 29.7 Å². The highest BCUT2D eigenvalue weighted by atomic mass is 19.4. The molecule has 10 nitrogen and oxygen atoms in total. The predicted octanol–water partition coefficient (Wildman–Crippen LogP) is 4.03. The number of nitrogens with zero attached hydrogens (tertiary/aromatic N) is 2. The van der Waals surface area contributed by atoms with E-state index in [0.29, 0.717) is 39.1 Å². The van der Waals surface area contributed by atoms with E-state index in [2.05, 4.69) is 15.5 Å². The fourth-order valence-electron chi connectivity index (χ4n) is 8.20. The van der Waals surface area contributed by atoms with Crippen LogP contribution in [0.2, 0.25) is 0 Å². The molecule has 3 saturated heterocycles. The minimum atomic E-state index is -4.70. The number of ether oxygens (including phenoxy) is 3. The summed E-state index contributed by atoms with van der Waals surface area (Å²) in [6.07, 6.45) is -1.93. The molecule has 6 fully saturated rings. The van der Waals surface area contributed by atoms with Gasteiger partial charge in [-0.25, -0.2) is 8.78 Å². The van der Waals surface area contributed by atoms with Crippen molar-refractivity contribution in [2.24, 2.45) is 17.8 Å². The predicted molar refractivity (Wildman–Crippen MR) is 163 cm³/mol. The van der Waals surface area contributed by atoms with E-state index in [1.165, 1.54) is 6.07 Å². The van der Waals surface area contributed by atoms with Crippen LogP contribution in [0, 0.1) is 23.6 Å². The van der Waals surface area contributed by atoms with Crippen LogP contribution in [0.1, 0.15) is 69.4 Å². The van der Waals surface area contributed by atoms with Gasteiger partial charge in [-0.05, 0) is 75.2 Å². The Bertz CT molecular complexity index is 1490. The summed E-state index contributed by atoms with van der Waals surface area (Å²) < 4.78 is 88.8. The molecule has 8 rings (SSSR count). The molecule has 3 amide bonds. The number of hydrogen-bond donors (Lipinski definition) is 2. The van der Waals surface area contributed by atoms with Gasteiger partial charge in [0.05, 0.1) is 37.5 Å². The number of nitrogens with one attached hydrogen (secondary N) is 2. The zero-order valence-corrected chi connectivity index (χ0v) is 27.0. The Morgan fingerprint density at radius 1 is 1.00 bits per heavy atom. The smallest absolute Gasteiger partial charge is 0.416 e. The Morgan fingerprint density at radius 2 is 1.67 bits per heavy atom. The van der Waals surface area contributed by atoms with E-state index in [4.69, 9.17) is 14.2 Å². The molecule has 268 valence electrons. The molecule has 49 heavy (non-hydrogen) atoms. The average molecular weight is 697 g/mol. The highest BCUT2D eigenvalue weighted by Gasteiger charge is 2.55. The van der Waals surface area contributed by atoms with Gasteiger partial charge in [-0.2, -0.15) is 13.2 Å². The molecule has 1 spiro atoms. The zero-order valence-electron chi connectivity index (χ0n) is 27.0. The second-order valence-corrected chi connectivity index (χ2v) is 15.1. The summed E-state index contributed by atoms with van der Waals surface area (Å²) in [7, 11) is 0. The molecule has 7 aliphatic rings. The van der Waals surface area contributed by atoms with Gasteiger partial charge in [0.2, 0.25) is 11.8 Å². The molecule has 0 bridgehead atoms. The average Bonchev–Trinajstić information content (AvgIpc) is 3.88. The Kier molecular flexibility index (Phi) is 8.14. The third-order valence-corrected chi connectivity index (χ3v) is 11.7. The van der Waals surface area contributed by atoms with Crippen molar-refractivity contribution >= 4 is 23.4 Å². The van der Waals surface area contributed by atoms with Gasteiger partial charge in [0, 0.05) is 31.1 Å². The van der Waals surface area contributed by atoms with E-state index in [1.807, 2.05) is 0 Å². The molecule has 0 radical (unpaired) electrons. The molecule has 0 aromatic heterocycles. The van der Waals surface area contributed by atoms with Crippen molar-refractivity contribution < 1.29 is 50.5 Å². The number of morpholine rings is 1. The largest absolute Gasteiger partial charge is 0.487 e. The summed E-state index contributed by atoms with van der Waals surface area (Å²) >= 11 is 0. The van der Waals surface area contributed by atoms with Gasteiger partial charge in [0.15, 0.2) is 11.8 Å². The Hall–Kier alpha value is -3.04. The lowest BCUT2D eigenvalue weighted by molar-refractivity contribution is -0.238. The number of anilines is 1. The van der Waals surface area contributed by atoms with E-state index in [9.17, 15) is 31.9 Å². The molecule has 3 aliphatic carbocycles. The van der Waals surface area contributed by atoms with Crippen molar-refractivity contribution in [1.82, 2.24) is 15.1 Å². The summed E-state index contributed by atoms with van der Waals surface area (Å²) in [4.78, 5) is 43.2. The number of fused-ring (bicyclic) bond motifs is 1. The third-order valence-electron chi connectivity index (χ3n) is 11.7. The van der Waals surface area contributed by atoms with Gasteiger partial charge in [0.25, 0.3) is 5.91 Å². The number of benzene rings is 1. The van der Waals surface area contributed by atoms with E-state index < -0.39 is 72.3 Å². The van der Waals surface area contributed by atoms with Gasteiger partial charge in [0.1, 0.15) is 29.8 Å². The van der Waals surface area contributed by atoms with Crippen LogP contribution in [-0.4, -0.2) is 103 Å². The van der Waals surface area contributed by atoms with Crippen LogP contribution < -0.4 is 15.4 Å². The SMILES string of the molecule is O=C(Nc1cc2c(cc1F)C(N1CC(C(F)(F)F)OCC1=O)CC1(CCN(C3COC3)CC1)O2)[C@@H](NC(=O)C1(F)CC1)C(C1CC1)C1CC1. The number of rotatable bonds is 9. The minimum absolute atomic E-state index is 0.0892. The molecule has 2 unspecified atom stereocenters. The first kappa shape index (κ1) is 33.1. The first-order chi connectivity index (χ1) is 23.3. The fraction of sp³-hybridized carbons (Fsp3) is 0.735. The highest BCUT2D eigenvalue weighted by molar-refractivity contribution is 5.99. The standard InChI is InChI=1S/C34H41F5N4O6/c35-22-11-21-24(43-14-26(34(37,38)39)48-17-27(43)44)13-32(7-9-42(10-8-32)20-15-47-16-20)49-25(21)12-23(22)40-30(45)29(41-31(46)33(36)5-6-33)28(18-1-2-18)19-3-4-19/h11-12,18-20,24,26,28-29H,1-10,13-17H2,(H,40,45)(H,41,46)/t24?,26?,29-/m0/s1. The van der Waals surface area contributed by atoms with Crippen molar-refractivity contribution in [2.45, 2.75) is 99.5 Å². The molecule has 1 aromatic rings. The lowest BCUT2D eigenvalue weighted by atomic mass is 9.79. The number of carbonyl (C=O) groups is 3. The van der Waals surface area contributed by atoms with Crippen LogP contribution in [0.25, 0.3) is 0 Å². The second kappa shape index (κ2) is 12.0. The normalized spacial score (nSPS) is 28.8. The summed E-state index contributed by atoms with van der Waals surface area (Å²) in [5.41, 5.74) is -2.87. The molecule has 2 N–H and O–H groups in total. The molecular formula is C34H41F5N4O6. The maximum absolute atomic E-state index is 16.0. The zero-order chi connectivity index (χ0) is 34.3. The van der Waals surface area contributed by atoms with Gasteiger partial charge in [-0.1, -0.05) is 0 Å². The maximum atomic E-state index is 16.0. The number of halogens is 5. The van der Waals surface area contributed by atoms with Crippen LogP contribution in [0.5, 0.6) is 5.75 Å². The van der Waals surface area contributed by atoms with E-state index in [1.54, 1.807) is 0 Å². The van der Waals surface area contributed by atoms with Crippen molar-refractivity contribution in [1.29, 1.82) is 0 Å². The van der Waals surface area contributed by atoms with Crippen LogP contribution in [0.15, 0.2) is 12.1 Å². The number of carbonyl (C=O) groups excluding carboxylic acids is 3. The highest BCUT2D eigenvalue weighted by Crippen LogP contribution is 2.52. The van der Waals surface area contributed by atoms with Crippen molar-refractivity contribution in [3.8, 4) is 5.75 Å². The summed E-state index contributed by atoms with van der Waals surface area (Å²) in [6.45, 7) is 1.04. The summed E-state index contributed by atoms with van der Waals surface area (Å²) in [6, 6.07) is 0.741. The molecule has 15 heteroatoms. The lowest BCUT2D eigenvalue weighted by Crippen LogP contribution is -2.59. The Labute approximate surface area is 280 Å². The number of alkyl halides is 4. The number of amides is 3. The topological polar surface area (TPSA) is 109 Å². The van der Waals surface area contributed by atoms with Crippen LogP contribution >= 0.6 is 0 Å². The summed E-state index contributed by atoms with van der Waals surface area (Å²) in [5, 5.41) is 5.30. The first-order valence-electron chi connectivity index (χ1n) is 17.5. The van der Waals surface area contributed by atoms with E-state index >= 15 is 4.39 Å². The van der Waals surface area contributed by atoms with Crippen LogP contribution in [0.3, 0.4) is 0 Å². The van der Waals surface area contributed by atoms with Gasteiger partial charge in [-0.15, -0.1) is 0 Å². The van der Waals surface area contributed by atoms with E-state index in [0.717, 1.165) is 36.6 Å². The monoisotopic (exact) mass is 696 g/mol.